The lowest BCUT2D eigenvalue weighted by Crippen LogP contribution is -2.37. The number of anilines is 1. The Balaban J connectivity index is 1.49. The summed E-state index contributed by atoms with van der Waals surface area (Å²) in [5.41, 5.74) is 3.75. The van der Waals surface area contributed by atoms with Gasteiger partial charge in [-0.1, -0.05) is 6.07 Å². The molecular formula is C20H25N3O2S. The van der Waals surface area contributed by atoms with Gasteiger partial charge in [0, 0.05) is 37.3 Å². The molecule has 138 valence electrons. The van der Waals surface area contributed by atoms with Gasteiger partial charge in [0.1, 0.15) is 0 Å². The van der Waals surface area contributed by atoms with E-state index in [4.69, 9.17) is 4.74 Å². The molecule has 3 rings (SSSR count). The molecule has 2 aromatic rings. The molecule has 0 bridgehead atoms. The molecule has 1 fully saturated rings. The van der Waals surface area contributed by atoms with E-state index in [1.165, 1.54) is 5.56 Å². The number of ether oxygens (including phenoxy) is 1. The number of thioether (sulfide) groups is 1. The van der Waals surface area contributed by atoms with Crippen LogP contribution in [-0.2, 0) is 4.74 Å². The van der Waals surface area contributed by atoms with Crippen LogP contribution in [0.3, 0.4) is 0 Å². The van der Waals surface area contributed by atoms with Gasteiger partial charge in [0.15, 0.2) is 0 Å². The summed E-state index contributed by atoms with van der Waals surface area (Å²) in [6.45, 7) is 8.79. The fraction of sp³-hybridized carbons (Fsp3) is 0.400. The maximum absolute atomic E-state index is 12.4. The highest BCUT2D eigenvalue weighted by Gasteiger charge is 2.11. The zero-order chi connectivity index (χ0) is 18.4. The average molecular weight is 372 g/mol. The second-order valence-electron chi connectivity index (χ2n) is 6.44. The van der Waals surface area contributed by atoms with Crippen LogP contribution in [-0.4, -0.2) is 54.4 Å². The first-order chi connectivity index (χ1) is 12.6. The highest BCUT2D eigenvalue weighted by Crippen LogP contribution is 2.18. The molecule has 0 atom stereocenters. The molecule has 5 nitrogen and oxygen atoms in total. The Morgan fingerprint density at radius 2 is 2.00 bits per heavy atom. The maximum Gasteiger partial charge on any atom is 0.257 e. The molecule has 1 aliphatic heterocycles. The van der Waals surface area contributed by atoms with E-state index in [1.54, 1.807) is 18.0 Å². The molecule has 0 radical (unpaired) electrons. The third-order valence-corrected chi connectivity index (χ3v) is 5.45. The highest BCUT2D eigenvalue weighted by molar-refractivity contribution is 7.99. The molecule has 1 N–H and O–H groups in total. The molecule has 1 amide bonds. The van der Waals surface area contributed by atoms with Crippen LogP contribution in [0, 0.1) is 13.8 Å². The number of nitrogens with one attached hydrogen (secondary N) is 1. The number of nitrogens with zero attached hydrogens (tertiary/aromatic N) is 2. The Hall–Kier alpha value is -1.89. The van der Waals surface area contributed by atoms with Gasteiger partial charge >= 0.3 is 0 Å². The van der Waals surface area contributed by atoms with Crippen molar-refractivity contribution >= 4 is 23.4 Å². The largest absolute Gasteiger partial charge is 0.379 e. The van der Waals surface area contributed by atoms with Crippen molar-refractivity contribution in [1.29, 1.82) is 0 Å². The van der Waals surface area contributed by atoms with Crippen LogP contribution in [0.15, 0.2) is 41.6 Å². The topological polar surface area (TPSA) is 54.5 Å². The van der Waals surface area contributed by atoms with E-state index in [9.17, 15) is 4.79 Å². The van der Waals surface area contributed by atoms with Crippen molar-refractivity contribution in [2.45, 2.75) is 18.9 Å². The molecule has 1 aliphatic rings. The molecule has 26 heavy (non-hydrogen) atoms. The summed E-state index contributed by atoms with van der Waals surface area (Å²) >= 11 is 1.72. The van der Waals surface area contributed by atoms with Gasteiger partial charge in [-0.25, -0.2) is 4.98 Å². The van der Waals surface area contributed by atoms with Gasteiger partial charge in [0.2, 0.25) is 0 Å². The summed E-state index contributed by atoms with van der Waals surface area (Å²) in [6, 6.07) is 9.66. The second kappa shape index (κ2) is 9.16. The summed E-state index contributed by atoms with van der Waals surface area (Å²) < 4.78 is 5.36. The molecule has 1 saturated heterocycles. The lowest BCUT2D eigenvalue weighted by atomic mass is 10.1. The summed E-state index contributed by atoms with van der Waals surface area (Å²) in [5.74, 6) is 0.854. The van der Waals surface area contributed by atoms with Crippen LogP contribution in [0.2, 0.25) is 0 Å². The van der Waals surface area contributed by atoms with E-state index in [0.717, 1.165) is 54.9 Å². The molecule has 0 aliphatic carbocycles. The van der Waals surface area contributed by atoms with Crippen molar-refractivity contribution in [3.63, 3.8) is 0 Å². The highest BCUT2D eigenvalue weighted by atomic mass is 32.2. The van der Waals surface area contributed by atoms with Gasteiger partial charge in [-0.05, 0) is 49.2 Å². The standard InChI is InChI=1S/C20H25N3O2S/c1-15-3-5-18(13-16(15)2)22-20(24)17-4-6-19(21-14-17)26-12-9-23-7-10-25-11-8-23/h3-6,13-14H,7-12H2,1-2H3,(H,22,24). The zero-order valence-corrected chi connectivity index (χ0v) is 16.1. The van der Waals surface area contributed by atoms with E-state index < -0.39 is 0 Å². The molecule has 0 spiro atoms. The van der Waals surface area contributed by atoms with E-state index in [2.05, 4.69) is 22.1 Å². The molecular weight excluding hydrogens is 346 g/mol. The Morgan fingerprint density at radius 1 is 1.19 bits per heavy atom. The summed E-state index contributed by atoms with van der Waals surface area (Å²) in [6.07, 6.45) is 1.65. The minimum Gasteiger partial charge on any atom is -0.379 e. The number of hydrogen-bond acceptors (Lipinski definition) is 5. The van der Waals surface area contributed by atoms with Gasteiger partial charge < -0.3 is 10.1 Å². The van der Waals surface area contributed by atoms with Crippen LogP contribution in [0.1, 0.15) is 21.5 Å². The first-order valence-electron chi connectivity index (χ1n) is 8.89. The lowest BCUT2D eigenvalue weighted by molar-refractivity contribution is 0.0410. The number of pyridine rings is 1. The van der Waals surface area contributed by atoms with Gasteiger partial charge in [0.25, 0.3) is 5.91 Å². The van der Waals surface area contributed by atoms with E-state index >= 15 is 0 Å². The average Bonchev–Trinajstić information content (AvgIpc) is 2.66. The maximum atomic E-state index is 12.4. The first-order valence-corrected chi connectivity index (χ1v) is 9.88. The minimum atomic E-state index is -0.134. The SMILES string of the molecule is Cc1ccc(NC(=O)c2ccc(SCCN3CCOCC3)nc2)cc1C. The van der Waals surface area contributed by atoms with Crippen molar-refractivity contribution in [3.8, 4) is 0 Å². The number of carbonyl (C=O) groups excluding carboxylic acids is 1. The van der Waals surface area contributed by atoms with Gasteiger partial charge in [-0.15, -0.1) is 11.8 Å². The number of carbonyl (C=O) groups is 1. The van der Waals surface area contributed by atoms with E-state index in [0.29, 0.717) is 5.56 Å². The van der Waals surface area contributed by atoms with Gasteiger partial charge in [-0.3, -0.25) is 9.69 Å². The van der Waals surface area contributed by atoms with Crippen molar-refractivity contribution in [3.05, 3.63) is 53.2 Å². The monoisotopic (exact) mass is 371 g/mol. The number of rotatable bonds is 6. The van der Waals surface area contributed by atoms with Crippen LogP contribution in [0.5, 0.6) is 0 Å². The summed E-state index contributed by atoms with van der Waals surface area (Å²) in [5, 5.41) is 3.87. The number of hydrogen-bond donors (Lipinski definition) is 1. The van der Waals surface area contributed by atoms with Crippen molar-refractivity contribution in [2.75, 3.05) is 43.9 Å². The third-order valence-electron chi connectivity index (χ3n) is 4.52. The normalized spacial score (nSPS) is 15.0. The predicted octanol–water partition coefficient (Wildman–Crippen LogP) is 3.38. The summed E-state index contributed by atoms with van der Waals surface area (Å²) in [7, 11) is 0. The predicted molar refractivity (Wildman–Crippen MR) is 106 cm³/mol. The number of amides is 1. The molecule has 0 unspecified atom stereocenters. The third kappa shape index (κ3) is 5.30. The molecule has 1 aromatic carbocycles. The zero-order valence-electron chi connectivity index (χ0n) is 15.3. The summed E-state index contributed by atoms with van der Waals surface area (Å²) in [4.78, 5) is 19.2. The van der Waals surface area contributed by atoms with Crippen molar-refractivity contribution in [1.82, 2.24) is 9.88 Å². The number of benzene rings is 1. The number of morpholine rings is 1. The molecule has 2 heterocycles. The quantitative estimate of drug-likeness (QED) is 0.789. The Labute approximate surface area is 159 Å². The lowest BCUT2D eigenvalue weighted by Gasteiger charge is -2.26. The van der Waals surface area contributed by atoms with Crippen molar-refractivity contribution in [2.24, 2.45) is 0 Å². The molecule has 1 aromatic heterocycles. The fourth-order valence-corrected chi connectivity index (χ4v) is 3.58. The Morgan fingerprint density at radius 3 is 2.69 bits per heavy atom. The van der Waals surface area contributed by atoms with E-state index in [1.807, 2.05) is 37.3 Å². The van der Waals surface area contributed by atoms with Crippen LogP contribution >= 0.6 is 11.8 Å². The number of aromatic nitrogens is 1. The van der Waals surface area contributed by atoms with E-state index in [-0.39, 0.29) is 5.91 Å². The van der Waals surface area contributed by atoms with Crippen LogP contribution < -0.4 is 5.32 Å². The molecule has 0 saturated carbocycles. The van der Waals surface area contributed by atoms with Crippen LogP contribution in [0.25, 0.3) is 0 Å². The van der Waals surface area contributed by atoms with Gasteiger partial charge in [0.05, 0.1) is 23.8 Å². The van der Waals surface area contributed by atoms with Gasteiger partial charge in [-0.2, -0.15) is 0 Å². The second-order valence-corrected chi connectivity index (χ2v) is 7.56. The first kappa shape index (κ1) is 18.9. The van der Waals surface area contributed by atoms with Crippen molar-refractivity contribution < 1.29 is 9.53 Å². The minimum absolute atomic E-state index is 0.134. The molecule has 6 heteroatoms. The smallest absolute Gasteiger partial charge is 0.257 e. The Bertz CT molecular complexity index is 743. The Kier molecular flexibility index (Phi) is 6.66. The van der Waals surface area contributed by atoms with Crippen LogP contribution in [0.4, 0.5) is 5.69 Å². The number of aryl methyl sites for hydroxylation is 2. The fourth-order valence-electron chi connectivity index (χ4n) is 2.73.